The second-order valence-electron chi connectivity index (χ2n) is 7.18. The van der Waals surface area contributed by atoms with Crippen LogP contribution in [-0.2, 0) is 22.5 Å². The smallest absolute Gasteiger partial charge is 0.248 e. The highest BCUT2D eigenvalue weighted by Crippen LogP contribution is 2.27. The lowest BCUT2D eigenvalue weighted by Crippen LogP contribution is -2.37. The van der Waals surface area contributed by atoms with Crippen molar-refractivity contribution in [3.63, 3.8) is 0 Å². The van der Waals surface area contributed by atoms with E-state index in [1.165, 1.54) is 11.1 Å². The number of imidazole rings is 1. The second kappa shape index (κ2) is 8.57. The van der Waals surface area contributed by atoms with Gasteiger partial charge in [-0.05, 0) is 68.5 Å². The van der Waals surface area contributed by atoms with E-state index in [0.29, 0.717) is 6.61 Å². The standard InChI is InChI=1S/C23H29N3O2/c1-6-19-10-8-9-16(3)23(19)26(15-28-7-2)22(27)13-25-14-24-20-11-17(4)18(5)12-21(20)25/h8-12,14H,6-7,13,15H2,1-5H3. The Bertz CT molecular complexity index is 991. The molecule has 0 aliphatic rings. The van der Waals surface area contributed by atoms with Crippen molar-refractivity contribution >= 4 is 22.6 Å². The van der Waals surface area contributed by atoms with Gasteiger partial charge in [-0.3, -0.25) is 9.69 Å². The molecule has 0 spiro atoms. The summed E-state index contributed by atoms with van der Waals surface area (Å²) in [5, 5.41) is 0. The zero-order chi connectivity index (χ0) is 20.3. The molecule has 5 heteroatoms. The van der Waals surface area contributed by atoms with Gasteiger partial charge in [0.2, 0.25) is 5.91 Å². The third-order valence-electron chi connectivity index (χ3n) is 5.24. The van der Waals surface area contributed by atoms with Crippen molar-refractivity contribution in [2.75, 3.05) is 18.2 Å². The predicted molar refractivity (Wildman–Crippen MR) is 114 cm³/mol. The minimum absolute atomic E-state index is 0.00465. The number of hydrogen-bond acceptors (Lipinski definition) is 3. The number of fused-ring (bicyclic) bond motifs is 1. The Hall–Kier alpha value is -2.66. The van der Waals surface area contributed by atoms with Crippen LogP contribution in [0.1, 0.15) is 36.1 Å². The van der Waals surface area contributed by atoms with Crippen molar-refractivity contribution in [1.82, 2.24) is 9.55 Å². The average Bonchev–Trinajstić information content (AvgIpc) is 3.04. The van der Waals surface area contributed by atoms with E-state index in [0.717, 1.165) is 34.3 Å². The molecule has 0 saturated heterocycles. The number of carbonyl (C=O) groups excluding carboxylic acids is 1. The van der Waals surface area contributed by atoms with Gasteiger partial charge in [-0.25, -0.2) is 4.98 Å². The van der Waals surface area contributed by atoms with Gasteiger partial charge in [0.1, 0.15) is 13.3 Å². The molecule has 0 saturated carbocycles. The van der Waals surface area contributed by atoms with Crippen molar-refractivity contribution in [2.45, 2.75) is 47.6 Å². The molecule has 0 fully saturated rings. The molecule has 2 aromatic carbocycles. The van der Waals surface area contributed by atoms with E-state index in [1.807, 2.05) is 30.5 Å². The number of aryl methyl sites for hydroxylation is 4. The summed E-state index contributed by atoms with van der Waals surface area (Å²) >= 11 is 0. The number of amides is 1. The van der Waals surface area contributed by atoms with Gasteiger partial charge in [0.15, 0.2) is 0 Å². The summed E-state index contributed by atoms with van der Waals surface area (Å²) in [5.41, 5.74) is 7.48. The first-order valence-corrected chi connectivity index (χ1v) is 9.84. The fourth-order valence-electron chi connectivity index (χ4n) is 3.51. The largest absolute Gasteiger partial charge is 0.361 e. The Kier molecular flexibility index (Phi) is 6.15. The van der Waals surface area contributed by atoms with Crippen LogP contribution in [0.4, 0.5) is 5.69 Å². The first-order chi connectivity index (χ1) is 13.5. The molecule has 3 aromatic rings. The molecule has 0 radical (unpaired) electrons. The van der Waals surface area contributed by atoms with Crippen molar-refractivity contribution in [2.24, 2.45) is 0 Å². The van der Waals surface area contributed by atoms with E-state index < -0.39 is 0 Å². The van der Waals surface area contributed by atoms with E-state index in [-0.39, 0.29) is 19.2 Å². The summed E-state index contributed by atoms with van der Waals surface area (Å²) in [5.74, 6) is -0.00465. The summed E-state index contributed by atoms with van der Waals surface area (Å²) < 4.78 is 7.57. The molecule has 0 aliphatic heterocycles. The predicted octanol–water partition coefficient (Wildman–Crippen LogP) is 4.55. The second-order valence-corrected chi connectivity index (χ2v) is 7.18. The zero-order valence-electron chi connectivity index (χ0n) is 17.5. The van der Waals surface area contributed by atoms with Crippen molar-refractivity contribution in [3.05, 3.63) is 58.9 Å². The lowest BCUT2D eigenvalue weighted by molar-refractivity contribution is -0.120. The zero-order valence-corrected chi connectivity index (χ0v) is 17.5. The highest BCUT2D eigenvalue weighted by Gasteiger charge is 2.21. The van der Waals surface area contributed by atoms with Gasteiger partial charge in [-0.2, -0.15) is 0 Å². The monoisotopic (exact) mass is 379 g/mol. The van der Waals surface area contributed by atoms with E-state index in [9.17, 15) is 4.79 Å². The van der Waals surface area contributed by atoms with Crippen molar-refractivity contribution in [1.29, 1.82) is 0 Å². The van der Waals surface area contributed by atoms with Crippen LogP contribution in [0.25, 0.3) is 11.0 Å². The molecule has 1 amide bonds. The Morgan fingerprint density at radius 3 is 2.57 bits per heavy atom. The minimum atomic E-state index is -0.00465. The lowest BCUT2D eigenvalue weighted by Gasteiger charge is -2.27. The number of aromatic nitrogens is 2. The van der Waals surface area contributed by atoms with Crippen molar-refractivity contribution < 1.29 is 9.53 Å². The van der Waals surface area contributed by atoms with Gasteiger partial charge in [0.25, 0.3) is 0 Å². The number of para-hydroxylation sites is 1. The summed E-state index contributed by atoms with van der Waals surface area (Å²) in [4.78, 5) is 19.6. The van der Waals surface area contributed by atoms with Gasteiger partial charge in [0, 0.05) is 6.61 Å². The number of hydrogen-bond donors (Lipinski definition) is 0. The molecule has 28 heavy (non-hydrogen) atoms. The van der Waals surface area contributed by atoms with Crippen LogP contribution in [0.3, 0.4) is 0 Å². The molecule has 1 heterocycles. The molecule has 0 N–H and O–H groups in total. The summed E-state index contributed by atoms with van der Waals surface area (Å²) in [7, 11) is 0. The number of benzene rings is 2. The first-order valence-electron chi connectivity index (χ1n) is 9.84. The van der Waals surface area contributed by atoms with Gasteiger partial charge in [0.05, 0.1) is 23.0 Å². The van der Waals surface area contributed by atoms with Gasteiger partial charge >= 0.3 is 0 Å². The fraction of sp³-hybridized carbons (Fsp3) is 0.391. The Morgan fingerprint density at radius 2 is 1.86 bits per heavy atom. The number of carbonyl (C=O) groups is 1. The van der Waals surface area contributed by atoms with Crippen LogP contribution < -0.4 is 4.90 Å². The Morgan fingerprint density at radius 1 is 1.11 bits per heavy atom. The topological polar surface area (TPSA) is 47.4 Å². The van der Waals surface area contributed by atoms with Crippen LogP contribution in [0.2, 0.25) is 0 Å². The molecule has 3 rings (SSSR count). The van der Waals surface area contributed by atoms with Crippen LogP contribution in [-0.4, -0.2) is 28.8 Å². The molecule has 0 atom stereocenters. The SMILES string of the molecule is CCOCN(C(=O)Cn1cnc2cc(C)c(C)cc21)c1c(C)cccc1CC. The van der Waals surface area contributed by atoms with E-state index in [2.05, 4.69) is 44.0 Å². The molecule has 148 valence electrons. The molecular weight excluding hydrogens is 350 g/mol. The van der Waals surface area contributed by atoms with E-state index in [4.69, 9.17) is 4.74 Å². The third kappa shape index (κ3) is 3.94. The highest BCUT2D eigenvalue weighted by molar-refractivity contribution is 5.95. The maximum Gasteiger partial charge on any atom is 0.248 e. The minimum Gasteiger partial charge on any atom is -0.361 e. The highest BCUT2D eigenvalue weighted by atomic mass is 16.5. The fourth-order valence-corrected chi connectivity index (χ4v) is 3.51. The number of rotatable bonds is 7. The Labute approximate surface area is 166 Å². The normalized spacial score (nSPS) is 11.2. The van der Waals surface area contributed by atoms with E-state index >= 15 is 0 Å². The summed E-state index contributed by atoms with van der Waals surface area (Å²) in [6, 6.07) is 10.3. The van der Waals surface area contributed by atoms with Crippen LogP contribution in [0.5, 0.6) is 0 Å². The molecule has 0 bridgehead atoms. The van der Waals surface area contributed by atoms with Gasteiger partial charge in [-0.1, -0.05) is 25.1 Å². The van der Waals surface area contributed by atoms with Crippen molar-refractivity contribution in [3.8, 4) is 0 Å². The van der Waals surface area contributed by atoms with E-state index in [1.54, 1.807) is 11.2 Å². The number of anilines is 1. The number of nitrogens with zero attached hydrogens (tertiary/aromatic N) is 3. The quantitative estimate of drug-likeness (QED) is 0.566. The van der Waals surface area contributed by atoms with Crippen LogP contribution in [0.15, 0.2) is 36.7 Å². The van der Waals surface area contributed by atoms with Gasteiger partial charge in [-0.15, -0.1) is 0 Å². The molecule has 0 unspecified atom stereocenters. The maximum atomic E-state index is 13.3. The van der Waals surface area contributed by atoms with Crippen LogP contribution in [0, 0.1) is 20.8 Å². The van der Waals surface area contributed by atoms with Crippen LogP contribution >= 0.6 is 0 Å². The first kappa shape index (κ1) is 20.1. The number of ether oxygens (including phenoxy) is 1. The van der Waals surface area contributed by atoms with Gasteiger partial charge < -0.3 is 9.30 Å². The Balaban J connectivity index is 1.96. The molecule has 0 aliphatic carbocycles. The molecule has 5 nitrogen and oxygen atoms in total. The summed E-state index contributed by atoms with van der Waals surface area (Å²) in [6.45, 7) is 11.3. The summed E-state index contributed by atoms with van der Waals surface area (Å²) in [6.07, 6.45) is 2.61. The molecular formula is C23H29N3O2. The molecule has 1 aromatic heterocycles. The average molecular weight is 380 g/mol. The third-order valence-corrected chi connectivity index (χ3v) is 5.24. The lowest BCUT2D eigenvalue weighted by atomic mass is 10.0. The maximum absolute atomic E-state index is 13.3.